The van der Waals surface area contributed by atoms with Crippen LogP contribution in [-0.4, -0.2) is 5.96 Å². The lowest BCUT2D eigenvalue weighted by atomic mass is 10.2. The van der Waals surface area contributed by atoms with E-state index in [1.807, 2.05) is 36.4 Å². The lowest BCUT2D eigenvalue weighted by Gasteiger charge is -1.90. The van der Waals surface area contributed by atoms with Crippen molar-refractivity contribution in [3.8, 4) is 0 Å². The van der Waals surface area contributed by atoms with Gasteiger partial charge >= 0.3 is 0 Å². The molecule has 0 fully saturated rings. The summed E-state index contributed by atoms with van der Waals surface area (Å²) >= 11 is 0. The van der Waals surface area contributed by atoms with Gasteiger partial charge in [-0.3, -0.25) is 0 Å². The summed E-state index contributed by atoms with van der Waals surface area (Å²) in [5.74, 6) is 0.755. The molecule has 1 aromatic rings. The van der Waals surface area contributed by atoms with Crippen LogP contribution in [0.5, 0.6) is 0 Å². The first-order valence-corrected chi connectivity index (χ1v) is 3.87. The third-order valence-corrected chi connectivity index (χ3v) is 1.58. The first-order chi connectivity index (χ1) is 6.34. The Hall–Kier alpha value is -1.97. The minimum atomic E-state index is 0.210. The number of hydrogen-bond acceptors (Lipinski definition) is 4. The van der Waals surface area contributed by atoms with E-state index >= 15 is 0 Å². The van der Waals surface area contributed by atoms with Crippen molar-refractivity contribution >= 4 is 12.0 Å². The molecule has 0 bridgehead atoms. The van der Waals surface area contributed by atoms with Gasteiger partial charge in [-0.25, -0.2) is 0 Å². The average molecular weight is 172 g/mol. The molecule has 2 rings (SSSR count). The topological polar surface area (TPSA) is 63.1 Å². The van der Waals surface area contributed by atoms with Crippen LogP contribution in [0.3, 0.4) is 0 Å². The van der Waals surface area contributed by atoms with E-state index in [0.29, 0.717) is 5.82 Å². The van der Waals surface area contributed by atoms with Gasteiger partial charge in [0.05, 0.1) is 0 Å². The molecule has 1 aliphatic heterocycles. The molecule has 13 heavy (non-hydrogen) atoms. The predicted molar refractivity (Wildman–Crippen MR) is 50.9 cm³/mol. The van der Waals surface area contributed by atoms with Crippen molar-refractivity contribution < 1.29 is 0 Å². The van der Waals surface area contributed by atoms with E-state index < -0.39 is 0 Å². The Morgan fingerprint density at radius 3 is 2.46 bits per heavy atom. The number of azo groups is 1. The summed E-state index contributed by atoms with van der Waals surface area (Å²) in [6.07, 6.45) is 1.82. The van der Waals surface area contributed by atoms with Crippen LogP contribution in [0.4, 0.5) is 0 Å². The number of rotatable bonds is 1. The van der Waals surface area contributed by atoms with Crippen molar-refractivity contribution in [3.05, 3.63) is 41.7 Å². The second-order valence-corrected chi connectivity index (χ2v) is 2.58. The predicted octanol–water partition coefficient (Wildman–Crippen LogP) is 1.77. The van der Waals surface area contributed by atoms with Gasteiger partial charge in [0.1, 0.15) is 0 Å². The second-order valence-electron chi connectivity index (χ2n) is 2.58. The van der Waals surface area contributed by atoms with Gasteiger partial charge in [0.25, 0.3) is 0 Å². The van der Waals surface area contributed by atoms with Crippen molar-refractivity contribution in [2.24, 2.45) is 21.0 Å². The van der Waals surface area contributed by atoms with Gasteiger partial charge in [0.15, 0.2) is 5.82 Å². The Bertz CT molecular complexity index is 389. The van der Waals surface area contributed by atoms with E-state index in [-0.39, 0.29) is 5.96 Å². The zero-order chi connectivity index (χ0) is 9.10. The highest BCUT2D eigenvalue weighted by Gasteiger charge is 2.01. The molecule has 0 saturated carbocycles. The smallest absolute Gasteiger partial charge is 0.242 e. The molecule has 2 N–H and O–H groups in total. The number of nitrogens with two attached hydrogens (primary N) is 1. The van der Waals surface area contributed by atoms with Gasteiger partial charge in [0, 0.05) is 0 Å². The van der Waals surface area contributed by atoms with Gasteiger partial charge < -0.3 is 5.73 Å². The highest BCUT2D eigenvalue weighted by atomic mass is 15.3. The molecule has 0 amide bonds. The largest absolute Gasteiger partial charge is 0.366 e. The van der Waals surface area contributed by atoms with Crippen LogP contribution in [0.25, 0.3) is 6.08 Å². The Kier molecular flexibility index (Phi) is 1.88. The second kappa shape index (κ2) is 3.18. The standard InChI is InChI=1S/C9H8N4/c10-9-11-8(12-13-9)6-7-4-2-1-3-5-7/h1-6H,(H2,10,11). The summed E-state index contributed by atoms with van der Waals surface area (Å²) in [5.41, 5.74) is 6.36. The number of benzene rings is 1. The molecular formula is C9H8N4. The monoisotopic (exact) mass is 172 g/mol. The SMILES string of the molecule is NC1=NC(=Cc2ccccc2)N=N1. The highest BCUT2D eigenvalue weighted by molar-refractivity contribution is 5.81. The summed E-state index contributed by atoms with van der Waals surface area (Å²) in [4.78, 5) is 3.91. The Balaban J connectivity index is 2.28. The molecule has 0 unspecified atom stereocenters. The molecule has 0 atom stereocenters. The number of guanidine groups is 1. The maximum Gasteiger partial charge on any atom is 0.242 e. The molecule has 0 saturated heterocycles. The van der Waals surface area contributed by atoms with E-state index in [2.05, 4.69) is 15.2 Å². The van der Waals surface area contributed by atoms with Crippen molar-refractivity contribution in [1.29, 1.82) is 0 Å². The fourth-order valence-corrected chi connectivity index (χ4v) is 1.02. The van der Waals surface area contributed by atoms with Gasteiger partial charge in [-0.15, -0.1) is 10.2 Å². The van der Waals surface area contributed by atoms with Crippen LogP contribution in [0.15, 0.2) is 51.4 Å². The first-order valence-electron chi connectivity index (χ1n) is 3.87. The minimum Gasteiger partial charge on any atom is -0.366 e. The molecule has 0 aliphatic carbocycles. The van der Waals surface area contributed by atoms with Gasteiger partial charge in [-0.2, -0.15) is 4.99 Å². The Morgan fingerprint density at radius 2 is 1.85 bits per heavy atom. The first kappa shape index (κ1) is 7.67. The van der Waals surface area contributed by atoms with Crippen molar-refractivity contribution in [3.63, 3.8) is 0 Å². The molecule has 0 spiro atoms. The molecule has 4 nitrogen and oxygen atoms in total. The Labute approximate surface area is 75.5 Å². The molecule has 4 heteroatoms. The number of aliphatic imine (C=N–C) groups is 1. The molecule has 64 valence electrons. The van der Waals surface area contributed by atoms with Crippen molar-refractivity contribution in [2.75, 3.05) is 0 Å². The zero-order valence-corrected chi connectivity index (χ0v) is 6.88. The third-order valence-electron chi connectivity index (χ3n) is 1.58. The van der Waals surface area contributed by atoms with E-state index in [1.165, 1.54) is 0 Å². The molecule has 0 aromatic heterocycles. The van der Waals surface area contributed by atoms with Crippen LogP contribution in [0.1, 0.15) is 5.56 Å². The fraction of sp³-hybridized carbons (Fsp3) is 0. The highest BCUT2D eigenvalue weighted by Crippen LogP contribution is 2.12. The summed E-state index contributed by atoms with van der Waals surface area (Å²) in [7, 11) is 0. The number of hydrogen-bond donors (Lipinski definition) is 1. The van der Waals surface area contributed by atoms with Gasteiger partial charge in [-0.05, 0) is 11.6 Å². The summed E-state index contributed by atoms with van der Waals surface area (Å²) in [5, 5.41) is 7.37. The molecule has 1 heterocycles. The van der Waals surface area contributed by atoms with Crippen LogP contribution in [0.2, 0.25) is 0 Å². The zero-order valence-electron chi connectivity index (χ0n) is 6.88. The molecular weight excluding hydrogens is 164 g/mol. The van der Waals surface area contributed by atoms with Crippen LogP contribution in [-0.2, 0) is 0 Å². The van der Waals surface area contributed by atoms with E-state index in [0.717, 1.165) is 5.56 Å². The van der Waals surface area contributed by atoms with Gasteiger partial charge in [-0.1, -0.05) is 30.3 Å². The Morgan fingerprint density at radius 1 is 1.08 bits per heavy atom. The summed E-state index contributed by atoms with van der Waals surface area (Å²) in [6, 6.07) is 9.78. The minimum absolute atomic E-state index is 0.210. The molecule has 1 aromatic carbocycles. The maximum absolute atomic E-state index is 5.33. The van der Waals surface area contributed by atoms with E-state index in [9.17, 15) is 0 Å². The van der Waals surface area contributed by atoms with Gasteiger partial charge in [0.2, 0.25) is 5.96 Å². The molecule has 0 radical (unpaired) electrons. The fourth-order valence-electron chi connectivity index (χ4n) is 1.02. The lowest BCUT2D eigenvalue weighted by Crippen LogP contribution is -2.03. The third kappa shape index (κ3) is 1.79. The van der Waals surface area contributed by atoms with E-state index in [4.69, 9.17) is 5.73 Å². The summed E-state index contributed by atoms with van der Waals surface area (Å²) in [6.45, 7) is 0. The molecule has 1 aliphatic rings. The van der Waals surface area contributed by atoms with Crippen LogP contribution >= 0.6 is 0 Å². The van der Waals surface area contributed by atoms with Crippen LogP contribution in [0, 0.1) is 0 Å². The maximum atomic E-state index is 5.33. The lowest BCUT2D eigenvalue weighted by molar-refractivity contribution is 1.22. The summed E-state index contributed by atoms with van der Waals surface area (Å²) < 4.78 is 0. The van der Waals surface area contributed by atoms with Crippen molar-refractivity contribution in [1.82, 2.24) is 0 Å². The number of nitrogens with zero attached hydrogens (tertiary/aromatic N) is 3. The average Bonchev–Trinajstić information content (AvgIpc) is 2.53. The normalized spacial score (nSPS) is 17.8. The van der Waals surface area contributed by atoms with Crippen LogP contribution < -0.4 is 5.73 Å². The van der Waals surface area contributed by atoms with Crippen molar-refractivity contribution in [2.45, 2.75) is 0 Å². The quantitative estimate of drug-likeness (QED) is 0.689. The van der Waals surface area contributed by atoms with E-state index in [1.54, 1.807) is 0 Å².